The SMILES string of the molecule is COc1cccc(CN)c1OC(C)C. The summed E-state index contributed by atoms with van der Waals surface area (Å²) in [5.74, 6) is 1.49. The Bertz CT molecular complexity index is 275. The Morgan fingerprint density at radius 2 is 2.07 bits per heavy atom. The molecule has 1 aromatic rings. The van der Waals surface area contributed by atoms with Crippen molar-refractivity contribution in [3.63, 3.8) is 0 Å². The third-order valence-electron chi connectivity index (χ3n) is 1.85. The third-order valence-corrected chi connectivity index (χ3v) is 1.85. The molecule has 78 valence electrons. The molecule has 0 amide bonds. The van der Waals surface area contributed by atoms with Crippen molar-refractivity contribution in [2.75, 3.05) is 7.11 Å². The van der Waals surface area contributed by atoms with Gasteiger partial charge in [-0.2, -0.15) is 0 Å². The summed E-state index contributed by atoms with van der Waals surface area (Å²) in [7, 11) is 1.63. The van der Waals surface area contributed by atoms with Crippen molar-refractivity contribution in [1.29, 1.82) is 0 Å². The van der Waals surface area contributed by atoms with Crippen LogP contribution < -0.4 is 15.2 Å². The molecular formula is C11H17NO2. The molecule has 0 unspecified atom stereocenters. The average Bonchev–Trinajstić information content (AvgIpc) is 2.17. The normalized spacial score (nSPS) is 10.4. The van der Waals surface area contributed by atoms with Gasteiger partial charge in [0.25, 0.3) is 0 Å². The molecule has 0 heterocycles. The van der Waals surface area contributed by atoms with Gasteiger partial charge in [0.15, 0.2) is 11.5 Å². The van der Waals surface area contributed by atoms with E-state index in [-0.39, 0.29) is 6.10 Å². The monoisotopic (exact) mass is 195 g/mol. The molecule has 2 N–H and O–H groups in total. The molecule has 0 aliphatic heterocycles. The van der Waals surface area contributed by atoms with E-state index in [4.69, 9.17) is 15.2 Å². The summed E-state index contributed by atoms with van der Waals surface area (Å²) in [6.45, 7) is 4.42. The Hall–Kier alpha value is -1.22. The van der Waals surface area contributed by atoms with E-state index in [1.54, 1.807) is 7.11 Å². The van der Waals surface area contributed by atoms with Gasteiger partial charge in [0, 0.05) is 12.1 Å². The van der Waals surface area contributed by atoms with Crippen LogP contribution in [0.4, 0.5) is 0 Å². The number of hydrogen-bond donors (Lipinski definition) is 1. The summed E-state index contributed by atoms with van der Waals surface area (Å²) in [5.41, 5.74) is 6.58. The van der Waals surface area contributed by atoms with Gasteiger partial charge in [-0.3, -0.25) is 0 Å². The van der Waals surface area contributed by atoms with Crippen LogP contribution in [-0.4, -0.2) is 13.2 Å². The van der Waals surface area contributed by atoms with Crippen molar-refractivity contribution >= 4 is 0 Å². The smallest absolute Gasteiger partial charge is 0.166 e. The predicted octanol–water partition coefficient (Wildman–Crippen LogP) is 1.94. The lowest BCUT2D eigenvalue weighted by atomic mass is 10.2. The zero-order valence-electron chi connectivity index (χ0n) is 8.91. The van der Waals surface area contributed by atoms with Crippen molar-refractivity contribution in [2.24, 2.45) is 5.73 Å². The molecule has 0 fully saturated rings. The summed E-state index contributed by atoms with van der Waals surface area (Å²) in [6, 6.07) is 5.73. The highest BCUT2D eigenvalue weighted by Crippen LogP contribution is 2.31. The van der Waals surface area contributed by atoms with E-state index in [0.717, 1.165) is 17.1 Å². The second-order valence-corrected chi connectivity index (χ2v) is 3.32. The van der Waals surface area contributed by atoms with E-state index in [0.29, 0.717) is 6.54 Å². The molecule has 0 aliphatic carbocycles. The fourth-order valence-electron chi connectivity index (χ4n) is 1.25. The van der Waals surface area contributed by atoms with Gasteiger partial charge < -0.3 is 15.2 Å². The van der Waals surface area contributed by atoms with E-state index in [1.807, 2.05) is 32.0 Å². The van der Waals surface area contributed by atoms with Gasteiger partial charge in [-0.1, -0.05) is 12.1 Å². The number of rotatable bonds is 4. The molecule has 1 rings (SSSR count). The molecular weight excluding hydrogens is 178 g/mol. The highest BCUT2D eigenvalue weighted by atomic mass is 16.5. The summed E-state index contributed by atoms with van der Waals surface area (Å²) < 4.78 is 10.9. The zero-order chi connectivity index (χ0) is 10.6. The van der Waals surface area contributed by atoms with E-state index in [1.165, 1.54) is 0 Å². The Kier molecular flexibility index (Phi) is 3.77. The topological polar surface area (TPSA) is 44.5 Å². The van der Waals surface area contributed by atoms with E-state index in [9.17, 15) is 0 Å². The van der Waals surface area contributed by atoms with Crippen molar-refractivity contribution in [1.82, 2.24) is 0 Å². The van der Waals surface area contributed by atoms with Crippen molar-refractivity contribution in [3.05, 3.63) is 23.8 Å². The van der Waals surface area contributed by atoms with Crippen molar-refractivity contribution in [3.8, 4) is 11.5 Å². The Morgan fingerprint density at radius 1 is 1.36 bits per heavy atom. The van der Waals surface area contributed by atoms with Crippen LogP contribution >= 0.6 is 0 Å². The molecule has 0 saturated carbocycles. The molecule has 0 radical (unpaired) electrons. The number of benzene rings is 1. The first-order valence-electron chi connectivity index (χ1n) is 4.71. The predicted molar refractivity (Wildman–Crippen MR) is 56.6 cm³/mol. The van der Waals surface area contributed by atoms with Gasteiger partial charge in [0.2, 0.25) is 0 Å². The largest absolute Gasteiger partial charge is 0.493 e. The minimum Gasteiger partial charge on any atom is -0.493 e. The van der Waals surface area contributed by atoms with Crippen molar-refractivity contribution < 1.29 is 9.47 Å². The Labute approximate surface area is 84.8 Å². The van der Waals surface area contributed by atoms with E-state index in [2.05, 4.69) is 0 Å². The van der Waals surface area contributed by atoms with Crippen LogP contribution in [-0.2, 0) is 6.54 Å². The fourth-order valence-corrected chi connectivity index (χ4v) is 1.25. The molecule has 0 bridgehead atoms. The molecule has 3 heteroatoms. The van der Waals surface area contributed by atoms with Gasteiger partial charge in [0.1, 0.15) is 0 Å². The van der Waals surface area contributed by atoms with Crippen molar-refractivity contribution in [2.45, 2.75) is 26.5 Å². The molecule has 1 aromatic carbocycles. The Morgan fingerprint density at radius 3 is 2.57 bits per heavy atom. The number of hydrogen-bond acceptors (Lipinski definition) is 3. The zero-order valence-corrected chi connectivity index (χ0v) is 8.91. The van der Waals surface area contributed by atoms with Gasteiger partial charge >= 0.3 is 0 Å². The summed E-state index contributed by atoms with van der Waals surface area (Å²) >= 11 is 0. The Balaban J connectivity index is 3.05. The highest BCUT2D eigenvalue weighted by Gasteiger charge is 2.10. The minimum atomic E-state index is 0.122. The van der Waals surface area contributed by atoms with Gasteiger partial charge in [-0.15, -0.1) is 0 Å². The fraction of sp³-hybridized carbons (Fsp3) is 0.455. The van der Waals surface area contributed by atoms with Crippen LogP contribution in [0.3, 0.4) is 0 Å². The number of ether oxygens (including phenoxy) is 2. The summed E-state index contributed by atoms with van der Waals surface area (Å²) in [6.07, 6.45) is 0.122. The number of nitrogens with two attached hydrogens (primary N) is 1. The molecule has 0 aromatic heterocycles. The lowest BCUT2D eigenvalue weighted by Crippen LogP contribution is -2.10. The number of methoxy groups -OCH3 is 1. The van der Waals surface area contributed by atoms with Crippen LogP contribution in [0.15, 0.2) is 18.2 Å². The lowest BCUT2D eigenvalue weighted by Gasteiger charge is -2.16. The molecule has 0 atom stereocenters. The maximum atomic E-state index is 5.65. The first-order valence-corrected chi connectivity index (χ1v) is 4.71. The van der Waals surface area contributed by atoms with Crippen LogP contribution in [0, 0.1) is 0 Å². The van der Waals surface area contributed by atoms with Crippen LogP contribution in [0.25, 0.3) is 0 Å². The second kappa shape index (κ2) is 4.86. The van der Waals surface area contributed by atoms with Crippen LogP contribution in [0.5, 0.6) is 11.5 Å². The first-order chi connectivity index (χ1) is 6.69. The molecule has 3 nitrogen and oxygen atoms in total. The quantitative estimate of drug-likeness (QED) is 0.798. The van der Waals surface area contributed by atoms with E-state index < -0.39 is 0 Å². The summed E-state index contributed by atoms with van der Waals surface area (Å²) in [5, 5.41) is 0. The maximum absolute atomic E-state index is 5.65. The average molecular weight is 195 g/mol. The summed E-state index contributed by atoms with van der Waals surface area (Å²) in [4.78, 5) is 0. The second-order valence-electron chi connectivity index (χ2n) is 3.32. The highest BCUT2D eigenvalue weighted by molar-refractivity contribution is 5.46. The van der Waals surface area contributed by atoms with Gasteiger partial charge in [0.05, 0.1) is 13.2 Å². The lowest BCUT2D eigenvalue weighted by molar-refractivity contribution is 0.227. The maximum Gasteiger partial charge on any atom is 0.166 e. The molecule has 0 spiro atoms. The standard InChI is InChI=1S/C11H17NO2/c1-8(2)14-11-9(7-12)5-4-6-10(11)13-3/h4-6,8H,7,12H2,1-3H3. The van der Waals surface area contributed by atoms with Gasteiger partial charge in [-0.25, -0.2) is 0 Å². The third kappa shape index (κ3) is 2.39. The molecule has 0 aliphatic rings. The first kappa shape index (κ1) is 10.9. The number of para-hydroxylation sites is 1. The minimum absolute atomic E-state index is 0.122. The van der Waals surface area contributed by atoms with Crippen LogP contribution in [0.1, 0.15) is 19.4 Å². The van der Waals surface area contributed by atoms with E-state index >= 15 is 0 Å². The van der Waals surface area contributed by atoms with Gasteiger partial charge in [-0.05, 0) is 19.9 Å². The molecule has 14 heavy (non-hydrogen) atoms. The van der Waals surface area contributed by atoms with Crippen LogP contribution in [0.2, 0.25) is 0 Å². The molecule has 0 saturated heterocycles.